The average molecular weight is 204 g/mol. The zero-order valence-electron chi connectivity index (χ0n) is 6.35. The summed E-state index contributed by atoms with van der Waals surface area (Å²) in [5, 5.41) is 3.07. The quantitative estimate of drug-likeness (QED) is 0.524. The molecule has 0 spiro atoms. The van der Waals surface area contributed by atoms with Crippen LogP contribution >= 0.6 is 0 Å². The third-order valence-corrected chi connectivity index (χ3v) is 0.967. The van der Waals surface area contributed by atoms with Crippen LogP contribution < -0.4 is 5.32 Å². The van der Waals surface area contributed by atoms with Crippen molar-refractivity contribution in [3.8, 4) is 0 Å². The summed E-state index contributed by atoms with van der Waals surface area (Å²) in [4.78, 5) is 1.94. The second kappa shape index (κ2) is 9.02. The Morgan fingerprint density at radius 3 is 2.44 bits per heavy atom. The molecule has 0 heterocycles. The Balaban J connectivity index is 0. The molecule has 0 aromatic heterocycles. The van der Waals surface area contributed by atoms with Gasteiger partial charge in [0.15, 0.2) is 0 Å². The zero-order valence-corrected chi connectivity index (χ0v) is 9.19. The standard InChI is InChI=1S/C6H15N2.Y/c1-7-5-4-6-8(2)3;/h7H,2,4-6H2,1,3H3;/q-1;. The first-order chi connectivity index (χ1) is 3.77. The predicted octanol–water partition coefficient (Wildman–Crippen LogP) is 0.317. The van der Waals surface area contributed by atoms with E-state index in [4.69, 9.17) is 0 Å². The number of hydrogen-bond donors (Lipinski definition) is 1. The predicted molar refractivity (Wildman–Crippen MR) is 36.5 cm³/mol. The Kier molecular flexibility index (Phi) is 12.7. The molecule has 1 radical (unpaired) electrons. The van der Waals surface area contributed by atoms with Crippen molar-refractivity contribution in [1.29, 1.82) is 0 Å². The first kappa shape index (κ1) is 12.7. The Hall–Kier alpha value is 1.02. The fourth-order valence-corrected chi connectivity index (χ4v) is 0.526. The molecule has 0 rings (SSSR count). The van der Waals surface area contributed by atoms with Crippen LogP contribution in [0.3, 0.4) is 0 Å². The molecule has 0 unspecified atom stereocenters. The Morgan fingerprint density at radius 2 is 2.11 bits per heavy atom. The largest absolute Gasteiger partial charge is 0.462 e. The van der Waals surface area contributed by atoms with Gasteiger partial charge in [0.1, 0.15) is 0 Å². The van der Waals surface area contributed by atoms with Crippen molar-refractivity contribution in [2.45, 2.75) is 6.42 Å². The third-order valence-electron chi connectivity index (χ3n) is 0.967. The zero-order chi connectivity index (χ0) is 6.41. The SMILES string of the molecule is [CH2-]N(C)CCCNC.[Y]. The molecule has 0 saturated carbocycles. The molecule has 0 amide bonds. The molecule has 0 atom stereocenters. The van der Waals surface area contributed by atoms with E-state index >= 15 is 0 Å². The molecule has 2 nitrogen and oxygen atoms in total. The van der Waals surface area contributed by atoms with Gasteiger partial charge in [0.05, 0.1) is 0 Å². The minimum Gasteiger partial charge on any atom is -0.462 e. The van der Waals surface area contributed by atoms with Gasteiger partial charge in [0.25, 0.3) is 0 Å². The summed E-state index contributed by atoms with van der Waals surface area (Å²) in [6.07, 6.45) is 1.18. The van der Waals surface area contributed by atoms with Crippen LogP contribution in [0.4, 0.5) is 0 Å². The van der Waals surface area contributed by atoms with Gasteiger partial charge < -0.3 is 10.2 Å². The van der Waals surface area contributed by atoms with Crippen molar-refractivity contribution in [2.24, 2.45) is 0 Å². The van der Waals surface area contributed by atoms with E-state index in [9.17, 15) is 0 Å². The fourth-order valence-electron chi connectivity index (χ4n) is 0.526. The summed E-state index contributed by atoms with van der Waals surface area (Å²) < 4.78 is 0. The summed E-state index contributed by atoms with van der Waals surface area (Å²) in [7, 11) is 7.66. The van der Waals surface area contributed by atoms with Crippen LogP contribution in [0.25, 0.3) is 0 Å². The first-order valence-electron chi connectivity index (χ1n) is 2.93. The van der Waals surface area contributed by atoms with Crippen LogP contribution in [0, 0.1) is 7.05 Å². The van der Waals surface area contributed by atoms with Crippen LogP contribution in [-0.4, -0.2) is 32.1 Å². The number of nitrogens with zero attached hydrogens (tertiary/aromatic N) is 1. The smallest absolute Gasteiger partial charge is 0 e. The van der Waals surface area contributed by atoms with Crippen LogP contribution in [0.2, 0.25) is 0 Å². The molecule has 0 bridgehead atoms. The second-order valence-electron chi connectivity index (χ2n) is 2.04. The molecule has 0 saturated heterocycles. The topological polar surface area (TPSA) is 15.3 Å². The van der Waals surface area contributed by atoms with Crippen molar-refractivity contribution in [3.63, 3.8) is 0 Å². The molecular weight excluding hydrogens is 189 g/mol. The normalized spacial score (nSPS) is 9.33. The van der Waals surface area contributed by atoms with E-state index in [1.165, 1.54) is 6.42 Å². The van der Waals surface area contributed by atoms with Crippen molar-refractivity contribution in [3.05, 3.63) is 7.05 Å². The van der Waals surface area contributed by atoms with Gasteiger partial charge >= 0.3 is 0 Å². The van der Waals surface area contributed by atoms with E-state index in [1.54, 1.807) is 0 Å². The van der Waals surface area contributed by atoms with Crippen molar-refractivity contribution in [2.75, 3.05) is 27.2 Å². The second-order valence-corrected chi connectivity index (χ2v) is 2.04. The van der Waals surface area contributed by atoms with Gasteiger partial charge in [-0.05, 0) is 33.6 Å². The van der Waals surface area contributed by atoms with Crippen molar-refractivity contribution in [1.82, 2.24) is 10.2 Å². The molecule has 53 valence electrons. The van der Waals surface area contributed by atoms with Gasteiger partial charge in [0.2, 0.25) is 0 Å². The van der Waals surface area contributed by atoms with Crippen LogP contribution in [0.5, 0.6) is 0 Å². The minimum atomic E-state index is 0. The molecule has 0 aromatic carbocycles. The maximum Gasteiger partial charge on any atom is 0 e. The van der Waals surface area contributed by atoms with Crippen LogP contribution in [-0.2, 0) is 32.7 Å². The number of hydrogen-bond acceptors (Lipinski definition) is 2. The van der Waals surface area contributed by atoms with Gasteiger partial charge in [-0.1, -0.05) is 0 Å². The molecule has 0 aliphatic rings. The first-order valence-corrected chi connectivity index (χ1v) is 2.93. The van der Waals surface area contributed by atoms with E-state index in [2.05, 4.69) is 12.4 Å². The Labute approximate surface area is 83.3 Å². The Bertz CT molecular complexity index is 48.3. The van der Waals surface area contributed by atoms with E-state index in [1.807, 2.05) is 19.0 Å². The maximum atomic E-state index is 3.72. The molecule has 3 heteroatoms. The third kappa shape index (κ3) is 12.3. The summed E-state index contributed by atoms with van der Waals surface area (Å²) in [6.45, 7) is 2.15. The molecule has 0 aromatic rings. The van der Waals surface area contributed by atoms with Crippen LogP contribution in [0.15, 0.2) is 0 Å². The number of nitrogens with one attached hydrogen (secondary N) is 1. The van der Waals surface area contributed by atoms with E-state index in [-0.39, 0.29) is 32.7 Å². The Morgan fingerprint density at radius 1 is 1.56 bits per heavy atom. The van der Waals surface area contributed by atoms with Gasteiger partial charge in [0, 0.05) is 32.7 Å². The van der Waals surface area contributed by atoms with Gasteiger partial charge in [-0.25, -0.2) is 0 Å². The fraction of sp³-hybridized carbons (Fsp3) is 0.833. The number of rotatable bonds is 4. The summed E-state index contributed by atoms with van der Waals surface area (Å²) in [5.41, 5.74) is 0. The van der Waals surface area contributed by atoms with Gasteiger partial charge in [-0.15, -0.1) is 0 Å². The van der Waals surface area contributed by atoms with E-state index < -0.39 is 0 Å². The molecule has 9 heavy (non-hydrogen) atoms. The molecule has 1 N–H and O–H groups in total. The van der Waals surface area contributed by atoms with Gasteiger partial charge in [-0.2, -0.15) is 0 Å². The summed E-state index contributed by atoms with van der Waals surface area (Å²) in [6, 6.07) is 0. The molecular formula is C6H15N2Y-. The molecule has 0 fully saturated rings. The minimum absolute atomic E-state index is 0. The van der Waals surface area contributed by atoms with Crippen molar-refractivity contribution >= 4 is 0 Å². The van der Waals surface area contributed by atoms with E-state index in [0.29, 0.717) is 0 Å². The summed E-state index contributed by atoms with van der Waals surface area (Å²) in [5.74, 6) is 0. The van der Waals surface area contributed by atoms with Crippen molar-refractivity contribution < 1.29 is 32.7 Å². The molecule has 0 aliphatic carbocycles. The van der Waals surface area contributed by atoms with E-state index in [0.717, 1.165) is 13.1 Å². The average Bonchev–Trinajstić information content (AvgIpc) is 1.66. The monoisotopic (exact) mass is 204 g/mol. The maximum absolute atomic E-state index is 3.72. The van der Waals surface area contributed by atoms with Crippen LogP contribution in [0.1, 0.15) is 6.42 Å². The molecule has 0 aliphatic heterocycles. The van der Waals surface area contributed by atoms with Gasteiger partial charge in [-0.3, -0.25) is 7.05 Å². The summed E-state index contributed by atoms with van der Waals surface area (Å²) >= 11 is 0.